The first kappa shape index (κ1) is 9.63. The summed E-state index contributed by atoms with van der Waals surface area (Å²) in [5, 5.41) is 9.98. The highest BCUT2D eigenvalue weighted by molar-refractivity contribution is 9.08. The molecule has 1 nitrogen and oxygen atoms in total. The van der Waals surface area contributed by atoms with Crippen molar-refractivity contribution in [2.45, 2.75) is 5.33 Å². The van der Waals surface area contributed by atoms with Crippen molar-refractivity contribution in [1.29, 1.82) is 5.26 Å². The van der Waals surface area contributed by atoms with Crippen molar-refractivity contribution in [2.75, 3.05) is 0 Å². The van der Waals surface area contributed by atoms with Crippen LogP contribution in [0.4, 0.5) is 4.39 Å². The molecule has 0 atom stereocenters. The van der Waals surface area contributed by atoms with Crippen molar-refractivity contribution < 1.29 is 4.39 Å². The number of nitriles is 1. The number of thiophene rings is 1. The summed E-state index contributed by atoms with van der Waals surface area (Å²) in [5.74, 6) is -0.317. The molecule has 70 valence electrons. The van der Waals surface area contributed by atoms with Gasteiger partial charge >= 0.3 is 0 Å². The lowest BCUT2D eigenvalue weighted by atomic mass is 10.2. The van der Waals surface area contributed by atoms with Gasteiger partial charge in [-0.25, -0.2) is 4.39 Å². The van der Waals surface area contributed by atoms with Crippen LogP contribution in [0.25, 0.3) is 10.1 Å². The second kappa shape index (κ2) is 3.68. The average molecular weight is 270 g/mol. The summed E-state index contributed by atoms with van der Waals surface area (Å²) in [4.78, 5) is 1.06. The van der Waals surface area contributed by atoms with Crippen LogP contribution in [0.5, 0.6) is 0 Å². The van der Waals surface area contributed by atoms with Crippen molar-refractivity contribution in [3.8, 4) is 6.07 Å². The molecule has 0 aliphatic heterocycles. The third-order valence-corrected chi connectivity index (χ3v) is 3.96. The summed E-state index contributed by atoms with van der Waals surface area (Å²) >= 11 is 4.82. The standard InChI is InChI=1S/C10H5BrFNS/c11-4-7-3-8-9(12)1-6(5-13)2-10(8)14-7/h1-3H,4H2. The SMILES string of the molecule is N#Cc1cc(F)c2cc(CBr)sc2c1. The number of fused-ring (bicyclic) bond motifs is 1. The highest BCUT2D eigenvalue weighted by Crippen LogP contribution is 2.30. The number of hydrogen-bond acceptors (Lipinski definition) is 2. The second-order valence-electron chi connectivity index (χ2n) is 2.83. The number of rotatable bonds is 1. The van der Waals surface area contributed by atoms with E-state index in [0.29, 0.717) is 16.3 Å². The van der Waals surface area contributed by atoms with Gasteiger partial charge in [0.05, 0.1) is 11.6 Å². The fourth-order valence-electron chi connectivity index (χ4n) is 1.28. The Hall–Kier alpha value is -0.920. The quantitative estimate of drug-likeness (QED) is 0.723. The van der Waals surface area contributed by atoms with Crippen LogP contribution in [0.1, 0.15) is 10.4 Å². The molecule has 4 heteroatoms. The van der Waals surface area contributed by atoms with Crippen LogP contribution in [-0.4, -0.2) is 0 Å². The molecule has 0 saturated heterocycles. The first-order valence-corrected chi connectivity index (χ1v) is 5.86. The minimum atomic E-state index is -0.317. The van der Waals surface area contributed by atoms with E-state index in [1.54, 1.807) is 6.07 Å². The van der Waals surface area contributed by atoms with E-state index in [1.165, 1.54) is 17.4 Å². The molecule has 0 N–H and O–H groups in total. The van der Waals surface area contributed by atoms with Gasteiger partial charge in [-0.05, 0) is 18.2 Å². The largest absolute Gasteiger partial charge is 0.206 e. The van der Waals surface area contributed by atoms with Crippen LogP contribution >= 0.6 is 27.3 Å². The lowest BCUT2D eigenvalue weighted by Crippen LogP contribution is -1.78. The molecule has 1 heterocycles. The summed E-state index contributed by atoms with van der Waals surface area (Å²) < 4.78 is 14.3. The van der Waals surface area contributed by atoms with Gasteiger partial charge in [-0.2, -0.15) is 5.26 Å². The molecule has 0 aliphatic carbocycles. The van der Waals surface area contributed by atoms with Gasteiger partial charge in [0, 0.05) is 20.3 Å². The zero-order valence-electron chi connectivity index (χ0n) is 7.05. The Labute approximate surface area is 92.9 Å². The Bertz CT molecular complexity index is 527. The van der Waals surface area contributed by atoms with E-state index >= 15 is 0 Å². The third kappa shape index (κ3) is 1.54. The molecule has 0 radical (unpaired) electrons. The number of nitrogens with zero attached hydrogens (tertiary/aromatic N) is 1. The van der Waals surface area contributed by atoms with E-state index in [1.807, 2.05) is 12.1 Å². The average Bonchev–Trinajstić information content (AvgIpc) is 2.61. The van der Waals surface area contributed by atoms with E-state index in [2.05, 4.69) is 15.9 Å². The minimum Gasteiger partial charge on any atom is -0.206 e. The van der Waals surface area contributed by atoms with E-state index in [9.17, 15) is 4.39 Å². The number of halogens is 2. The minimum absolute atomic E-state index is 0.317. The topological polar surface area (TPSA) is 23.8 Å². The number of alkyl halides is 1. The van der Waals surface area contributed by atoms with Gasteiger partial charge in [0.25, 0.3) is 0 Å². The maximum atomic E-state index is 13.4. The van der Waals surface area contributed by atoms with E-state index in [0.717, 1.165) is 9.58 Å². The second-order valence-corrected chi connectivity index (χ2v) is 4.56. The summed E-state index contributed by atoms with van der Waals surface area (Å²) in [5.41, 5.74) is 0.373. The molecule has 0 aliphatic rings. The molecule has 0 fully saturated rings. The molecule has 0 amide bonds. The first-order valence-electron chi connectivity index (χ1n) is 3.92. The maximum absolute atomic E-state index is 13.4. The Morgan fingerprint density at radius 2 is 2.21 bits per heavy atom. The van der Waals surface area contributed by atoms with Gasteiger partial charge < -0.3 is 0 Å². The van der Waals surface area contributed by atoms with E-state index < -0.39 is 0 Å². The Morgan fingerprint density at radius 3 is 2.86 bits per heavy atom. The Kier molecular flexibility index (Phi) is 2.53. The number of hydrogen-bond donors (Lipinski definition) is 0. The van der Waals surface area contributed by atoms with E-state index in [4.69, 9.17) is 5.26 Å². The molecule has 2 aromatic rings. The molecular weight excluding hydrogens is 265 g/mol. The predicted molar refractivity (Wildman–Crippen MR) is 59.1 cm³/mol. The van der Waals surface area contributed by atoms with Crippen molar-refractivity contribution in [1.82, 2.24) is 0 Å². The van der Waals surface area contributed by atoms with Gasteiger partial charge in [0.2, 0.25) is 0 Å². The molecule has 0 bridgehead atoms. The smallest absolute Gasteiger partial charge is 0.133 e. The highest BCUT2D eigenvalue weighted by Gasteiger charge is 2.07. The van der Waals surface area contributed by atoms with Crippen molar-refractivity contribution in [3.63, 3.8) is 0 Å². The monoisotopic (exact) mass is 269 g/mol. The fourth-order valence-corrected chi connectivity index (χ4v) is 2.75. The van der Waals surface area contributed by atoms with Gasteiger partial charge in [0.15, 0.2) is 0 Å². The summed E-state index contributed by atoms with van der Waals surface area (Å²) in [6, 6.07) is 6.74. The first-order chi connectivity index (χ1) is 6.74. The summed E-state index contributed by atoms with van der Waals surface area (Å²) in [6.07, 6.45) is 0. The Morgan fingerprint density at radius 1 is 1.43 bits per heavy atom. The molecule has 0 unspecified atom stereocenters. The van der Waals surface area contributed by atoms with Crippen LogP contribution < -0.4 is 0 Å². The van der Waals surface area contributed by atoms with Crippen molar-refractivity contribution in [2.24, 2.45) is 0 Å². The lowest BCUT2D eigenvalue weighted by molar-refractivity contribution is 0.639. The molecule has 0 spiro atoms. The zero-order valence-corrected chi connectivity index (χ0v) is 9.45. The number of benzene rings is 1. The molecular formula is C10H5BrFNS. The molecule has 1 aromatic heterocycles. The molecule has 1 aromatic carbocycles. The van der Waals surface area contributed by atoms with Crippen LogP contribution in [0, 0.1) is 17.1 Å². The molecule has 2 rings (SSSR count). The molecule has 14 heavy (non-hydrogen) atoms. The summed E-state index contributed by atoms with van der Waals surface area (Å²) in [7, 11) is 0. The van der Waals surface area contributed by atoms with Gasteiger partial charge in [-0.15, -0.1) is 11.3 Å². The maximum Gasteiger partial charge on any atom is 0.133 e. The third-order valence-electron chi connectivity index (χ3n) is 1.90. The van der Waals surface area contributed by atoms with Crippen molar-refractivity contribution in [3.05, 3.63) is 34.5 Å². The van der Waals surface area contributed by atoms with Crippen LogP contribution in [0.2, 0.25) is 0 Å². The van der Waals surface area contributed by atoms with Crippen LogP contribution in [0.3, 0.4) is 0 Å². The van der Waals surface area contributed by atoms with E-state index in [-0.39, 0.29) is 5.82 Å². The summed E-state index contributed by atoms with van der Waals surface area (Å²) in [6.45, 7) is 0. The van der Waals surface area contributed by atoms with Gasteiger partial charge in [-0.3, -0.25) is 0 Å². The molecule has 0 saturated carbocycles. The van der Waals surface area contributed by atoms with Gasteiger partial charge in [0.1, 0.15) is 5.82 Å². The van der Waals surface area contributed by atoms with Crippen molar-refractivity contribution >= 4 is 37.4 Å². The van der Waals surface area contributed by atoms with Gasteiger partial charge in [-0.1, -0.05) is 15.9 Å². The van der Waals surface area contributed by atoms with Crippen LogP contribution in [0.15, 0.2) is 18.2 Å². The van der Waals surface area contributed by atoms with Crippen LogP contribution in [-0.2, 0) is 5.33 Å². The zero-order chi connectivity index (χ0) is 10.1. The Balaban J connectivity index is 2.75. The predicted octanol–water partition coefficient (Wildman–Crippen LogP) is 3.81. The fraction of sp³-hybridized carbons (Fsp3) is 0.100. The normalized spacial score (nSPS) is 10.4. The highest BCUT2D eigenvalue weighted by atomic mass is 79.9. The lowest BCUT2D eigenvalue weighted by Gasteiger charge is -1.92.